The normalized spacial score (nSPS) is 12.7. The number of carbonyl (C=O) groups is 2. The summed E-state index contributed by atoms with van der Waals surface area (Å²) in [7, 11) is -1.96. The van der Waals surface area contributed by atoms with E-state index < -0.39 is 21.9 Å². The van der Waals surface area contributed by atoms with Crippen LogP contribution in [0, 0.1) is 5.92 Å². The molecule has 128 valence electrons. The van der Waals surface area contributed by atoms with Crippen LogP contribution in [0.1, 0.15) is 19.4 Å². The number of rotatable bonds is 8. The van der Waals surface area contributed by atoms with Gasteiger partial charge in [0.1, 0.15) is 0 Å². The molecule has 8 heteroatoms. The molecule has 1 amide bonds. The average molecular weight is 342 g/mol. The van der Waals surface area contributed by atoms with E-state index in [2.05, 4.69) is 4.72 Å². The van der Waals surface area contributed by atoms with Crippen molar-refractivity contribution >= 4 is 21.9 Å². The van der Waals surface area contributed by atoms with Crippen LogP contribution in [-0.4, -0.2) is 50.4 Å². The van der Waals surface area contributed by atoms with Gasteiger partial charge >= 0.3 is 5.97 Å². The third kappa shape index (κ3) is 5.65. The number of amides is 1. The first-order chi connectivity index (χ1) is 10.7. The van der Waals surface area contributed by atoms with Crippen molar-refractivity contribution in [3.05, 3.63) is 29.8 Å². The van der Waals surface area contributed by atoms with Crippen molar-refractivity contribution in [1.82, 2.24) is 9.62 Å². The highest BCUT2D eigenvalue weighted by atomic mass is 32.2. The molecular weight excluding hydrogens is 320 g/mol. The Labute approximate surface area is 136 Å². The minimum absolute atomic E-state index is 0.0877. The lowest BCUT2D eigenvalue weighted by atomic mass is 10.1. The summed E-state index contributed by atoms with van der Waals surface area (Å²) in [6.07, 6.45) is 0.0877. The first-order valence-electron chi connectivity index (χ1n) is 7.22. The molecule has 0 bridgehead atoms. The Kier molecular flexibility index (Phi) is 6.71. The molecule has 1 atom stereocenters. The summed E-state index contributed by atoms with van der Waals surface area (Å²) in [5.74, 6) is -1.82. The lowest BCUT2D eigenvalue weighted by molar-refractivity contribution is -0.142. The zero-order chi connectivity index (χ0) is 17.6. The molecule has 0 spiro atoms. The van der Waals surface area contributed by atoms with Gasteiger partial charge in [0.15, 0.2) is 0 Å². The molecule has 1 unspecified atom stereocenters. The lowest BCUT2D eigenvalue weighted by Gasteiger charge is -2.19. The van der Waals surface area contributed by atoms with Gasteiger partial charge in [-0.3, -0.25) is 9.59 Å². The Bertz CT molecular complexity index is 655. The van der Waals surface area contributed by atoms with Crippen molar-refractivity contribution in [2.75, 3.05) is 20.1 Å². The fourth-order valence-electron chi connectivity index (χ4n) is 1.96. The minimum Gasteiger partial charge on any atom is -0.481 e. The van der Waals surface area contributed by atoms with E-state index in [0.717, 1.165) is 0 Å². The molecule has 0 aliphatic carbocycles. The highest BCUT2D eigenvalue weighted by Crippen LogP contribution is 2.12. The Morgan fingerprint density at radius 3 is 2.30 bits per heavy atom. The number of benzene rings is 1. The van der Waals surface area contributed by atoms with Crippen LogP contribution in [0.5, 0.6) is 0 Å². The van der Waals surface area contributed by atoms with Crippen LogP contribution in [0.3, 0.4) is 0 Å². The summed E-state index contributed by atoms with van der Waals surface area (Å²) in [6, 6.07) is 6.05. The van der Waals surface area contributed by atoms with E-state index in [1.165, 1.54) is 24.0 Å². The molecule has 1 aromatic carbocycles. The van der Waals surface area contributed by atoms with Gasteiger partial charge in [-0.2, -0.15) is 0 Å². The third-order valence-corrected chi connectivity index (χ3v) is 4.88. The molecule has 23 heavy (non-hydrogen) atoms. The van der Waals surface area contributed by atoms with E-state index in [4.69, 9.17) is 5.11 Å². The summed E-state index contributed by atoms with van der Waals surface area (Å²) in [5, 5.41) is 8.85. The van der Waals surface area contributed by atoms with Crippen LogP contribution in [0.4, 0.5) is 0 Å². The Hall–Kier alpha value is -1.93. The first-order valence-corrected chi connectivity index (χ1v) is 8.71. The van der Waals surface area contributed by atoms with E-state index >= 15 is 0 Å². The molecule has 0 heterocycles. The van der Waals surface area contributed by atoms with E-state index in [9.17, 15) is 18.0 Å². The highest BCUT2D eigenvalue weighted by molar-refractivity contribution is 7.89. The van der Waals surface area contributed by atoms with Gasteiger partial charge in [-0.25, -0.2) is 13.1 Å². The van der Waals surface area contributed by atoms with Crippen molar-refractivity contribution in [2.45, 2.75) is 25.2 Å². The molecule has 0 saturated carbocycles. The molecule has 0 aliphatic rings. The monoisotopic (exact) mass is 342 g/mol. The van der Waals surface area contributed by atoms with E-state index in [1.54, 1.807) is 26.1 Å². The van der Waals surface area contributed by atoms with Crippen LogP contribution >= 0.6 is 0 Å². The molecule has 1 aromatic rings. The minimum atomic E-state index is -3.51. The van der Waals surface area contributed by atoms with Gasteiger partial charge in [0.05, 0.1) is 17.2 Å². The van der Waals surface area contributed by atoms with Gasteiger partial charge in [0.25, 0.3) is 0 Å². The number of carboxylic acids is 1. The molecule has 0 aromatic heterocycles. The van der Waals surface area contributed by atoms with Gasteiger partial charge < -0.3 is 10.0 Å². The average Bonchev–Trinajstić information content (AvgIpc) is 2.47. The van der Waals surface area contributed by atoms with Crippen molar-refractivity contribution in [2.24, 2.45) is 5.92 Å². The fourth-order valence-corrected chi connectivity index (χ4v) is 3.00. The van der Waals surface area contributed by atoms with Gasteiger partial charge in [-0.05, 0) is 17.7 Å². The number of carboxylic acid groups (broad SMARTS) is 1. The van der Waals surface area contributed by atoms with Crippen LogP contribution in [0.15, 0.2) is 29.2 Å². The maximum Gasteiger partial charge on any atom is 0.308 e. The highest BCUT2D eigenvalue weighted by Gasteiger charge is 2.18. The Morgan fingerprint density at radius 2 is 1.83 bits per heavy atom. The molecular formula is C15H22N2O5S. The maximum absolute atomic E-state index is 12.1. The van der Waals surface area contributed by atoms with Crippen molar-refractivity contribution in [1.29, 1.82) is 0 Å². The number of likely N-dealkylation sites (N-methyl/N-ethyl adjacent to an activating group) is 1. The molecule has 7 nitrogen and oxygen atoms in total. The molecule has 0 saturated heterocycles. The third-order valence-electron chi connectivity index (χ3n) is 3.32. The summed E-state index contributed by atoms with van der Waals surface area (Å²) in [4.78, 5) is 24.4. The summed E-state index contributed by atoms with van der Waals surface area (Å²) < 4.78 is 26.0. The quantitative estimate of drug-likeness (QED) is 0.724. The Balaban J connectivity index is 2.71. The Morgan fingerprint density at radius 1 is 1.26 bits per heavy atom. The number of nitrogens with one attached hydrogen (secondary N) is 1. The van der Waals surface area contributed by atoms with Crippen LogP contribution < -0.4 is 4.72 Å². The van der Waals surface area contributed by atoms with Crippen LogP contribution in [-0.2, 0) is 26.0 Å². The predicted molar refractivity (Wildman–Crippen MR) is 85.4 cm³/mol. The smallest absolute Gasteiger partial charge is 0.308 e. The predicted octanol–water partition coefficient (Wildman–Crippen LogP) is 0.706. The summed E-state index contributed by atoms with van der Waals surface area (Å²) in [6.45, 7) is 3.65. The zero-order valence-corrected chi connectivity index (χ0v) is 14.3. The largest absolute Gasteiger partial charge is 0.481 e. The van der Waals surface area contributed by atoms with Crippen LogP contribution in [0.2, 0.25) is 0 Å². The molecule has 1 rings (SSSR count). The van der Waals surface area contributed by atoms with Crippen molar-refractivity contribution in [3.63, 3.8) is 0 Å². The second-order valence-electron chi connectivity index (χ2n) is 5.34. The van der Waals surface area contributed by atoms with Gasteiger partial charge in [0, 0.05) is 20.1 Å². The van der Waals surface area contributed by atoms with E-state index in [-0.39, 0.29) is 23.8 Å². The fraction of sp³-hybridized carbons (Fsp3) is 0.467. The van der Waals surface area contributed by atoms with E-state index in [0.29, 0.717) is 12.1 Å². The topological polar surface area (TPSA) is 104 Å². The standard InChI is InChI=1S/C15H22N2O5S/c1-4-16-23(21,22)13-7-5-12(6-8-13)9-14(18)17(3)10-11(2)15(19)20/h5-8,11,16H,4,9-10H2,1-3H3,(H,19,20). The SMILES string of the molecule is CCNS(=O)(=O)c1ccc(CC(=O)N(C)CC(C)C(=O)O)cc1. The zero-order valence-electron chi connectivity index (χ0n) is 13.4. The number of carbonyl (C=O) groups excluding carboxylic acids is 1. The van der Waals surface area contributed by atoms with E-state index in [1.807, 2.05) is 0 Å². The van der Waals surface area contributed by atoms with Gasteiger partial charge in [-0.15, -0.1) is 0 Å². The van der Waals surface area contributed by atoms with Crippen molar-refractivity contribution < 1.29 is 23.1 Å². The summed E-state index contributed by atoms with van der Waals surface area (Å²) in [5.41, 5.74) is 0.667. The number of hydrogen-bond donors (Lipinski definition) is 2. The van der Waals surface area contributed by atoms with Crippen LogP contribution in [0.25, 0.3) is 0 Å². The maximum atomic E-state index is 12.1. The lowest BCUT2D eigenvalue weighted by Crippen LogP contribution is -2.34. The number of hydrogen-bond acceptors (Lipinski definition) is 4. The molecule has 0 aliphatic heterocycles. The number of aliphatic carboxylic acids is 1. The first kappa shape index (κ1) is 19.1. The molecule has 0 radical (unpaired) electrons. The molecule has 2 N–H and O–H groups in total. The molecule has 0 fully saturated rings. The summed E-state index contributed by atoms with van der Waals surface area (Å²) >= 11 is 0. The second kappa shape index (κ2) is 8.07. The van der Waals surface area contributed by atoms with Gasteiger partial charge in [0.2, 0.25) is 15.9 Å². The van der Waals surface area contributed by atoms with Crippen molar-refractivity contribution in [3.8, 4) is 0 Å². The second-order valence-corrected chi connectivity index (χ2v) is 7.10. The number of sulfonamides is 1. The van der Waals surface area contributed by atoms with Gasteiger partial charge in [-0.1, -0.05) is 26.0 Å². The number of nitrogens with zero attached hydrogens (tertiary/aromatic N) is 1.